The average Bonchev–Trinajstić information content (AvgIpc) is 2.60. The van der Waals surface area contributed by atoms with Gasteiger partial charge < -0.3 is 10.3 Å². The van der Waals surface area contributed by atoms with Crippen LogP contribution < -0.4 is 5.73 Å². The van der Waals surface area contributed by atoms with E-state index in [4.69, 9.17) is 17.3 Å². The monoisotopic (exact) mass is 276 g/mol. The van der Waals surface area contributed by atoms with E-state index in [1.54, 1.807) is 19.1 Å². The lowest BCUT2D eigenvalue weighted by Gasteiger charge is -2.12. The first-order valence-electron chi connectivity index (χ1n) is 5.46. The molecular weight excluding hydrogens is 265 g/mol. The molecule has 0 fully saturated rings. The standard InChI is InChI=1S/C12H12ClF3N2/c1-2-7-5-8-10(4-3-9(17)11(8)13)18(7)6-12(14,15)16/h3-5H,2,6,17H2,1H3. The number of fused-ring (bicyclic) bond motifs is 1. The molecule has 0 radical (unpaired) electrons. The SMILES string of the molecule is CCc1cc2c(Cl)c(N)ccc2n1CC(F)(F)F. The van der Waals surface area contributed by atoms with Gasteiger partial charge in [-0.25, -0.2) is 0 Å². The van der Waals surface area contributed by atoms with Crippen molar-refractivity contribution in [3.63, 3.8) is 0 Å². The summed E-state index contributed by atoms with van der Waals surface area (Å²) in [5, 5.41) is 0.876. The van der Waals surface area contributed by atoms with Crippen LogP contribution in [0.4, 0.5) is 18.9 Å². The maximum absolute atomic E-state index is 12.6. The summed E-state index contributed by atoms with van der Waals surface area (Å²) in [6.07, 6.45) is -3.76. The second kappa shape index (κ2) is 4.39. The molecule has 0 saturated heterocycles. The van der Waals surface area contributed by atoms with E-state index in [1.807, 2.05) is 0 Å². The number of nitrogens with zero attached hydrogens (tertiary/aromatic N) is 1. The Morgan fingerprint density at radius 1 is 1.33 bits per heavy atom. The van der Waals surface area contributed by atoms with Gasteiger partial charge in [-0.15, -0.1) is 0 Å². The minimum atomic E-state index is -4.26. The highest BCUT2D eigenvalue weighted by molar-refractivity contribution is 6.38. The van der Waals surface area contributed by atoms with Crippen LogP contribution in [0, 0.1) is 0 Å². The Kier molecular flexibility index (Phi) is 3.19. The maximum Gasteiger partial charge on any atom is 0.406 e. The third-order valence-corrected chi connectivity index (χ3v) is 3.26. The number of nitrogens with two attached hydrogens (primary N) is 1. The van der Waals surface area contributed by atoms with Crippen molar-refractivity contribution in [3.8, 4) is 0 Å². The van der Waals surface area contributed by atoms with Gasteiger partial charge in [0.1, 0.15) is 6.54 Å². The first-order chi connectivity index (χ1) is 8.33. The molecule has 2 rings (SSSR count). The molecule has 0 saturated carbocycles. The van der Waals surface area contributed by atoms with E-state index in [9.17, 15) is 13.2 Å². The van der Waals surface area contributed by atoms with E-state index in [0.29, 0.717) is 33.7 Å². The molecule has 6 heteroatoms. The van der Waals surface area contributed by atoms with Crippen LogP contribution in [0.25, 0.3) is 10.9 Å². The van der Waals surface area contributed by atoms with Crippen molar-refractivity contribution >= 4 is 28.2 Å². The summed E-state index contributed by atoms with van der Waals surface area (Å²) in [6, 6.07) is 4.76. The van der Waals surface area contributed by atoms with Crippen LogP contribution in [0.5, 0.6) is 0 Å². The molecule has 2 nitrogen and oxygen atoms in total. The molecular formula is C12H12ClF3N2. The van der Waals surface area contributed by atoms with Crippen LogP contribution in [-0.4, -0.2) is 10.7 Å². The predicted molar refractivity (Wildman–Crippen MR) is 66.8 cm³/mol. The minimum absolute atomic E-state index is 0.308. The normalized spacial score (nSPS) is 12.3. The lowest BCUT2D eigenvalue weighted by molar-refractivity contribution is -0.140. The van der Waals surface area contributed by atoms with E-state index in [2.05, 4.69) is 0 Å². The zero-order chi connectivity index (χ0) is 13.5. The van der Waals surface area contributed by atoms with Crippen LogP contribution in [0.1, 0.15) is 12.6 Å². The van der Waals surface area contributed by atoms with Gasteiger partial charge in [-0.05, 0) is 24.6 Å². The highest BCUT2D eigenvalue weighted by atomic mass is 35.5. The molecule has 0 atom stereocenters. The molecule has 1 aromatic carbocycles. The third kappa shape index (κ3) is 2.27. The molecule has 0 bridgehead atoms. The van der Waals surface area contributed by atoms with Crippen molar-refractivity contribution in [2.45, 2.75) is 26.1 Å². The minimum Gasteiger partial charge on any atom is -0.398 e. The van der Waals surface area contributed by atoms with Crippen molar-refractivity contribution in [1.82, 2.24) is 4.57 Å². The number of aryl methyl sites for hydroxylation is 1. The molecule has 1 aromatic heterocycles. The zero-order valence-electron chi connectivity index (χ0n) is 9.68. The van der Waals surface area contributed by atoms with Crippen molar-refractivity contribution in [3.05, 3.63) is 28.9 Å². The number of anilines is 1. The van der Waals surface area contributed by atoms with Gasteiger partial charge in [0, 0.05) is 11.1 Å². The number of aromatic nitrogens is 1. The lowest BCUT2D eigenvalue weighted by Crippen LogP contribution is -2.19. The average molecular weight is 277 g/mol. The highest BCUT2D eigenvalue weighted by Crippen LogP contribution is 2.33. The number of benzene rings is 1. The molecule has 0 aliphatic rings. The second-order valence-corrected chi connectivity index (χ2v) is 4.47. The summed E-state index contributed by atoms with van der Waals surface area (Å²) in [5.74, 6) is 0. The van der Waals surface area contributed by atoms with Crippen LogP contribution in [0.3, 0.4) is 0 Å². The van der Waals surface area contributed by atoms with Gasteiger partial charge in [-0.2, -0.15) is 13.2 Å². The molecule has 0 spiro atoms. The van der Waals surface area contributed by atoms with Crippen molar-refractivity contribution in [2.24, 2.45) is 0 Å². The predicted octanol–water partition coefficient (Wildman–Crippen LogP) is 4.00. The number of nitrogen functional groups attached to an aromatic ring is 1. The molecule has 0 aliphatic carbocycles. The second-order valence-electron chi connectivity index (χ2n) is 4.09. The molecule has 1 heterocycles. The Hall–Kier alpha value is -1.36. The number of halogens is 4. The molecule has 2 N–H and O–H groups in total. The van der Waals surface area contributed by atoms with Crippen molar-refractivity contribution in [2.75, 3.05) is 5.73 Å². The van der Waals surface area contributed by atoms with Crippen molar-refractivity contribution < 1.29 is 13.2 Å². The van der Waals surface area contributed by atoms with Crippen LogP contribution in [0.2, 0.25) is 5.02 Å². The Balaban J connectivity index is 2.67. The number of rotatable bonds is 2. The highest BCUT2D eigenvalue weighted by Gasteiger charge is 2.29. The number of alkyl halides is 3. The fourth-order valence-electron chi connectivity index (χ4n) is 2.03. The zero-order valence-corrected chi connectivity index (χ0v) is 10.4. The van der Waals surface area contributed by atoms with Crippen LogP contribution in [-0.2, 0) is 13.0 Å². The van der Waals surface area contributed by atoms with Crippen LogP contribution >= 0.6 is 11.6 Å². The van der Waals surface area contributed by atoms with E-state index >= 15 is 0 Å². The third-order valence-electron chi connectivity index (χ3n) is 2.83. The van der Waals surface area contributed by atoms with E-state index in [1.165, 1.54) is 10.6 Å². The summed E-state index contributed by atoms with van der Waals surface area (Å²) in [7, 11) is 0. The Morgan fingerprint density at radius 2 is 2.00 bits per heavy atom. The molecule has 18 heavy (non-hydrogen) atoms. The topological polar surface area (TPSA) is 30.9 Å². The molecule has 0 unspecified atom stereocenters. The quantitative estimate of drug-likeness (QED) is 0.826. The summed E-state index contributed by atoms with van der Waals surface area (Å²) in [5.41, 5.74) is 7.08. The fraction of sp³-hybridized carbons (Fsp3) is 0.333. The maximum atomic E-state index is 12.6. The smallest absolute Gasteiger partial charge is 0.398 e. The van der Waals surface area contributed by atoms with E-state index < -0.39 is 12.7 Å². The van der Waals surface area contributed by atoms with Gasteiger partial charge in [0.25, 0.3) is 0 Å². The van der Waals surface area contributed by atoms with Gasteiger partial charge in [0.15, 0.2) is 0 Å². The Bertz CT molecular complexity index is 587. The molecule has 98 valence electrons. The summed E-state index contributed by atoms with van der Waals surface area (Å²) < 4.78 is 38.9. The number of hydrogen-bond acceptors (Lipinski definition) is 1. The van der Waals surface area contributed by atoms with E-state index in [0.717, 1.165) is 0 Å². The summed E-state index contributed by atoms with van der Waals surface area (Å²) >= 11 is 6.02. The van der Waals surface area contributed by atoms with E-state index in [-0.39, 0.29) is 0 Å². The first kappa shape index (κ1) is 13.1. The summed E-state index contributed by atoms with van der Waals surface area (Å²) in [4.78, 5) is 0. The van der Waals surface area contributed by atoms with Crippen LogP contribution in [0.15, 0.2) is 18.2 Å². The van der Waals surface area contributed by atoms with Gasteiger partial charge in [-0.1, -0.05) is 18.5 Å². The molecule has 0 aliphatic heterocycles. The Morgan fingerprint density at radius 3 is 2.56 bits per heavy atom. The molecule has 2 aromatic rings. The number of hydrogen-bond donors (Lipinski definition) is 1. The summed E-state index contributed by atoms with van der Waals surface area (Å²) in [6.45, 7) is 0.790. The van der Waals surface area contributed by atoms with Gasteiger partial charge >= 0.3 is 6.18 Å². The molecule has 0 amide bonds. The van der Waals surface area contributed by atoms with Crippen molar-refractivity contribution in [1.29, 1.82) is 0 Å². The lowest BCUT2D eigenvalue weighted by atomic mass is 10.2. The van der Waals surface area contributed by atoms with Gasteiger partial charge in [-0.3, -0.25) is 0 Å². The fourth-order valence-corrected chi connectivity index (χ4v) is 2.24. The Labute approximate surface area is 107 Å². The van der Waals surface area contributed by atoms with Gasteiger partial charge in [0.2, 0.25) is 0 Å². The van der Waals surface area contributed by atoms with Gasteiger partial charge in [0.05, 0.1) is 16.2 Å². The largest absolute Gasteiger partial charge is 0.406 e. The first-order valence-corrected chi connectivity index (χ1v) is 5.84.